The Morgan fingerprint density at radius 2 is 1.80 bits per heavy atom. The van der Waals surface area contributed by atoms with Gasteiger partial charge in [0.15, 0.2) is 0 Å². The van der Waals surface area contributed by atoms with E-state index in [2.05, 4.69) is 5.32 Å². The Bertz CT molecular complexity index is 646. The van der Waals surface area contributed by atoms with Crippen LogP contribution in [0.2, 0.25) is 0 Å². The molecule has 3 rings (SSSR count). The predicted molar refractivity (Wildman–Crippen MR) is 92.0 cm³/mol. The van der Waals surface area contributed by atoms with Gasteiger partial charge in [0, 0.05) is 24.7 Å². The van der Waals surface area contributed by atoms with Crippen LogP contribution in [0.15, 0.2) is 30.3 Å². The second-order valence-corrected chi connectivity index (χ2v) is 7.01. The first-order chi connectivity index (χ1) is 12.0. The summed E-state index contributed by atoms with van der Waals surface area (Å²) in [6.45, 7) is 1.09. The van der Waals surface area contributed by atoms with Crippen molar-refractivity contribution in [3.63, 3.8) is 0 Å². The molecule has 1 heterocycles. The van der Waals surface area contributed by atoms with Crippen LogP contribution < -0.4 is 5.32 Å². The maximum Gasteiger partial charge on any atom is 0.306 e. The van der Waals surface area contributed by atoms with Gasteiger partial charge in [0.05, 0.1) is 11.8 Å². The van der Waals surface area contributed by atoms with E-state index >= 15 is 0 Å². The van der Waals surface area contributed by atoms with Gasteiger partial charge in [0.1, 0.15) is 0 Å². The first-order valence-corrected chi connectivity index (χ1v) is 8.92. The van der Waals surface area contributed by atoms with Crippen molar-refractivity contribution in [1.82, 2.24) is 10.2 Å². The molecule has 6 nitrogen and oxygen atoms in total. The van der Waals surface area contributed by atoms with E-state index in [4.69, 9.17) is 5.11 Å². The summed E-state index contributed by atoms with van der Waals surface area (Å²) in [5.41, 5.74) is 0.642. The standard InChI is InChI=1S/C19H24N2O4/c22-17(20-16-9-8-14(11-16)19(24)25)15-7-4-10-21(12-15)18(23)13-5-2-1-3-6-13/h1-3,5-6,14-16H,4,7-12H2,(H,20,22)(H,24,25)/t14-,15?,16+/m1/s1. The Morgan fingerprint density at radius 1 is 1.04 bits per heavy atom. The smallest absolute Gasteiger partial charge is 0.306 e. The van der Waals surface area contributed by atoms with Crippen LogP contribution in [0.1, 0.15) is 42.5 Å². The largest absolute Gasteiger partial charge is 0.481 e. The highest BCUT2D eigenvalue weighted by atomic mass is 16.4. The van der Waals surface area contributed by atoms with E-state index in [-0.39, 0.29) is 29.7 Å². The first-order valence-electron chi connectivity index (χ1n) is 8.92. The fraction of sp³-hybridized carbons (Fsp3) is 0.526. The van der Waals surface area contributed by atoms with Gasteiger partial charge in [-0.25, -0.2) is 0 Å². The summed E-state index contributed by atoms with van der Waals surface area (Å²) in [7, 11) is 0. The molecule has 0 spiro atoms. The van der Waals surface area contributed by atoms with E-state index in [9.17, 15) is 14.4 Å². The second-order valence-electron chi connectivity index (χ2n) is 7.01. The van der Waals surface area contributed by atoms with Crippen molar-refractivity contribution in [1.29, 1.82) is 0 Å². The number of hydrogen-bond donors (Lipinski definition) is 2. The maximum absolute atomic E-state index is 12.6. The van der Waals surface area contributed by atoms with Crippen molar-refractivity contribution < 1.29 is 19.5 Å². The third-order valence-electron chi connectivity index (χ3n) is 5.23. The quantitative estimate of drug-likeness (QED) is 0.873. The van der Waals surface area contributed by atoms with E-state index in [0.717, 1.165) is 12.8 Å². The molecule has 1 unspecified atom stereocenters. The molecule has 2 fully saturated rings. The average molecular weight is 344 g/mol. The number of rotatable bonds is 4. The fourth-order valence-electron chi connectivity index (χ4n) is 3.79. The van der Waals surface area contributed by atoms with Crippen molar-refractivity contribution in [3.8, 4) is 0 Å². The SMILES string of the molecule is O=C(N[C@H]1CC[C@@H](C(=O)O)C1)C1CCCN(C(=O)c2ccccc2)C1. The number of nitrogens with zero attached hydrogens (tertiary/aromatic N) is 1. The van der Waals surface area contributed by atoms with Gasteiger partial charge in [-0.3, -0.25) is 14.4 Å². The van der Waals surface area contributed by atoms with Gasteiger partial charge in [-0.1, -0.05) is 18.2 Å². The molecule has 1 aromatic carbocycles. The highest BCUT2D eigenvalue weighted by Gasteiger charge is 2.34. The molecule has 1 aliphatic carbocycles. The van der Waals surface area contributed by atoms with Crippen LogP contribution in [0.3, 0.4) is 0 Å². The molecule has 1 aliphatic heterocycles. The molecule has 2 amide bonds. The van der Waals surface area contributed by atoms with Gasteiger partial charge in [0.2, 0.25) is 5.91 Å². The Kier molecular flexibility index (Phi) is 5.36. The molecule has 1 aromatic rings. The van der Waals surface area contributed by atoms with Gasteiger partial charge in [-0.15, -0.1) is 0 Å². The molecule has 1 saturated heterocycles. The number of nitrogens with one attached hydrogen (secondary N) is 1. The molecular weight excluding hydrogens is 320 g/mol. The lowest BCUT2D eigenvalue weighted by atomic mass is 9.96. The number of piperidine rings is 1. The van der Waals surface area contributed by atoms with Crippen LogP contribution in [0.4, 0.5) is 0 Å². The molecule has 1 saturated carbocycles. The second kappa shape index (κ2) is 7.68. The number of amides is 2. The molecule has 0 radical (unpaired) electrons. The monoisotopic (exact) mass is 344 g/mol. The van der Waals surface area contributed by atoms with E-state index in [1.165, 1.54) is 0 Å². The van der Waals surface area contributed by atoms with Crippen LogP contribution in [0, 0.1) is 11.8 Å². The van der Waals surface area contributed by atoms with Crippen LogP contribution >= 0.6 is 0 Å². The van der Waals surface area contributed by atoms with Gasteiger partial charge in [-0.05, 0) is 44.2 Å². The summed E-state index contributed by atoms with van der Waals surface area (Å²) < 4.78 is 0. The number of aliphatic carboxylic acids is 1. The Balaban J connectivity index is 1.55. The Labute approximate surface area is 147 Å². The number of carboxylic acid groups (broad SMARTS) is 1. The van der Waals surface area contributed by atoms with Gasteiger partial charge in [0.25, 0.3) is 5.91 Å². The zero-order valence-corrected chi connectivity index (χ0v) is 14.2. The summed E-state index contributed by atoms with van der Waals surface area (Å²) in [4.78, 5) is 37.9. The molecule has 2 N–H and O–H groups in total. The topological polar surface area (TPSA) is 86.7 Å². The third-order valence-corrected chi connectivity index (χ3v) is 5.23. The fourth-order valence-corrected chi connectivity index (χ4v) is 3.79. The summed E-state index contributed by atoms with van der Waals surface area (Å²) in [5, 5.41) is 12.1. The molecule has 0 bridgehead atoms. The number of carbonyl (C=O) groups is 3. The highest BCUT2D eigenvalue weighted by molar-refractivity contribution is 5.94. The van der Waals surface area contributed by atoms with Crippen molar-refractivity contribution in [3.05, 3.63) is 35.9 Å². The summed E-state index contributed by atoms with van der Waals surface area (Å²) in [5.74, 6) is -1.45. The normalized spacial score (nSPS) is 26.2. The maximum atomic E-state index is 12.6. The Hall–Kier alpha value is -2.37. The lowest BCUT2D eigenvalue weighted by Gasteiger charge is -2.32. The summed E-state index contributed by atoms with van der Waals surface area (Å²) in [6.07, 6.45) is 3.39. The van der Waals surface area contributed by atoms with Crippen LogP contribution in [-0.2, 0) is 9.59 Å². The van der Waals surface area contributed by atoms with Crippen molar-refractivity contribution >= 4 is 17.8 Å². The van der Waals surface area contributed by atoms with E-state index < -0.39 is 5.97 Å². The molecule has 25 heavy (non-hydrogen) atoms. The molecule has 2 aliphatic rings. The summed E-state index contributed by atoms with van der Waals surface area (Å²) >= 11 is 0. The van der Waals surface area contributed by atoms with Crippen molar-refractivity contribution in [2.24, 2.45) is 11.8 Å². The molecule has 0 aromatic heterocycles. The lowest BCUT2D eigenvalue weighted by molar-refractivity contribution is -0.141. The zero-order valence-electron chi connectivity index (χ0n) is 14.2. The number of likely N-dealkylation sites (tertiary alicyclic amines) is 1. The van der Waals surface area contributed by atoms with Gasteiger partial charge < -0.3 is 15.3 Å². The number of carbonyl (C=O) groups excluding carboxylic acids is 2. The number of carboxylic acids is 1. The predicted octanol–water partition coefficient (Wildman–Crippen LogP) is 1.91. The minimum Gasteiger partial charge on any atom is -0.481 e. The lowest BCUT2D eigenvalue weighted by Crippen LogP contribution is -2.47. The summed E-state index contributed by atoms with van der Waals surface area (Å²) in [6, 6.07) is 9.05. The Morgan fingerprint density at radius 3 is 2.48 bits per heavy atom. The van der Waals surface area contributed by atoms with Crippen LogP contribution in [0.25, 0.3) is 0 Å². The van der Waals surface area contributed by atoms with E-state index in [1.807, 2.05) is 18.2 Å². The zero-order chi connectivity index (χ0) is 17.8. The van der Waals surface area contributed by atoms with Crippen LogP contribution in [0.5, 0.6) is 0 Å². The first kappa shape index (κ1) is 17.5. The molecule has 134 valence electrons. The number of hydrogen-bond acceptors (Lipinski definition) is 3. The van der Waals surface area contributed by atoms with Crippen molar-refractivity contribution in [2.45, 2.75) is 38.1 Å². The highest BCUT2D eigenvalue weighted by Crippen LogP contribution is 2.26. The average Bonchev–Trinajstić information content (AvgIpc) is 3.11. The van der Waals surface area contributed by atoms with E-state index in [0.29, 0.717) is 37.9 Å². The van der Waals surface area contributed by atoms with Crippen LogP contribution in [-0.4, -0.2) is 46.9 Å². The minimum atomic E-state index is -0.783. The van der Waals surface area contributed by atoms with E-state index in [1.54, 1.807) is 17.0 Å². The van der Waals surface area contributed by atoms with Gasteiger partial charge >= 0.3 is 5.97 Å². The number of benzene rings is 1. The van der Waals surface area contributed by atoms with Gasteiger partial charge in [-0.2, -0.15) is 0 Å². The molecular formula is C19H24N2O4. The third kappa shape index (κ3) is 4.18. The molecule has 6 heteroatoms. The van der Waals surface area contributed by atoms with Crippen molar-refractivity contribution in [2.75, 3.05) is 13.1 Å². The molecule has 3 atom stereocenters. The minimum absolute atomic E-state index is 0.0371.